The van der Waals surface area contributed by atoms with E-state index < -0.39 is 11.9 Å². The molecule has 0 saturated carbocycles. The van der Waals surface area contributed by atoms with Crippen LogP contribution in [-0.2, 0) is 20.7 Å². The highest BCUT2D eigenvalue weighted by atomic mass is 16.6. The van der Waals surface area contributed by atoms with E-state index in [0.717, 1.165) is 30.8 Å². The zero-order valence-corrected chi connectivity index (χ0v) is 24.5. The molecule has 5 rings (SSSR count). The third-order valence-corrected chi connectivity index (χ3v) is 7.79. The summed E-state index contributed by atoms with van der Waals surface area (Å²) >= 11 is 0. The maximum Gasteiger partial charge on any atom is 0.346 e. The maximum absolute atomic E-state index is 13.0. The molecule has 3 heterocycles. The Balaban J connectivity index is 1.30. The Morgan fingerprint density at radius 1 is 0.953 bits per heavy atom. The number of aromatic amines is 1. The zero-order valence-electron chi connectivity index (χ0n) is 24.5. The quantitative estimate of drug-likeness (QED) is 0.171. The van der Waals surface area contributed by atoms with Gasteiger partial charge < -0.3 is 30.6 Å². The van der Waals surface area contributed by atoms with Crippen LogP contribution >= 0.6 is 0 Å². The first-order valence-corrected chi connectivity index (χ1v) is 14.2. The number of hydrogen-bond donors (Lipinski definition) is 4. The molecule has 1 aromatic heterocycles. The van der Waals surface area contributed by atoms with Crippen molar-refractivity contribution < 1.29 is 28.7 Å². The van der Waals surface area contributed by atoms with Crippen LogP contribution in [0.1, 0.15) is 73.0 Å². The summed E-state index contributed by atoms with van der Waals surface area (Å²) in [5, 5.41) is 8.39. The van der Waals surface area contributed by atoms with Gasteiger partial charge in [0.25, 0.3) is 11.8 Å². The highest BCUT2D eigenvalue weighted by Gasteiger charge is 2.28. The highest BCUT2D eigenvalue weighted by Crippen LogP contribution is 2.35. The molecule has 2 aliphatic heterocycles. The summed E-state index contributed by atoms with van der Waals surface area (Å²) in [6.45, 7) is 10.9. The molecular weight excluding hydrogens is 550 g/mol. The predicted molar refractivity (Wildman–Crippen MR) is 162 cm³/mol. The number of carbonyl (C=O) groups is 5. The first-order valence-electron chi connectivity index (χ1n) is 14.2. The largest absolute Gasteiger partial charge is 0.386 e. The van der Waals surface area contributed by atoms with Crippen molar-refractivity contribution in [3.05, 3.63) is 81.2 Å². The minimum absolute atomic E-state index is 0.0821. The molecule has 0 unspecified atom stereocenters. The number of esters is 2. The number of ether oxygens (including phenoxy) is 1. The van der Waals surface area contributed by atoms with Crippen LogP contribution < -0.4 is 16.0 Å². The van der Waals surface area contributed by atoms with Crippen molar-refractivity contribution >= 4 is 52.7 Å². The van der Waals surface area contributed by atoms with Crippen molar-refractivity contribution in [2.75, 3.05) is 36.8 Å². The number of anilines is 2. The molecule has 0 atom stereocenters. The third kappa shape index (κ3) is 5.98. The van der Waals surface area contributed by atoms with E-state index in [1.165, 1.54) is 24.3 Å². The van der Waals surface area contributed by atoms with Crippen LogP contribution in [0, 0.1) is 13.8 Å². The van der Waals surface area contributed by atoms with E-state index in [0.29, 0.717) is 46.0 Å². The molecule has 11 nitrogen and oxygen atoms in total. The van der Waals surface area contributed by atoms with Crippen LogP contribution in [0.3, 0.4) is 0 Å². The van der Waals surface area contributed by atoms with E-state index in [2.05, 4.69) is 39.7 Å². The SMILES string of the molecule is CCN(CC)CCNC(=O)c1c(C)[nH]c(C=C2C(=O)Nc3cc(C(=O)OC(=O)c4ccc5c(c4)NC(=O)C5)ccc32)c1C. The minimum Gasteiger partial charge on any atom is -0.386 e. The molecule has 0 bridgehead atoms. The Bertz CT molecular complexity index is 1700. The van der Waals surface area contributed by atoms with E-state index in [9.17, 15) is 24.0 Å². The Morgan fingerprint density at radius 2 is 1.63 bits per heavy atom. The summed E-state index contributed by atoms with van der Waals surface area (Å²) in [6, 6.07) is 9.16. The molecule has 2 aliphatic rings. The molecule has 11 heteroatoms. The maximum atomic E-state index is 13.0. The number of amides is 3. The number of nitrogens with zero attached hydrogens (tertiary/aromatic N) is 1. The average Bonchev–Trinajstić information content (AvgIpc) is 3.60. The highest BCUT2D eigenvalue weighted by molar-refractivity contribution is 6.35. The average molecular weight is 584 g/mol. The van der Waals surface area contributed by atoms with Crippen molar-refractivity contribution in [3.8, 4) is 0 Å². The van der Waals surface area contributed by atoms with Crippen molar-refractivity contribution in [3.63, 3.8) is 0 Å². The number of nitrogens with one attached hydrogen (secondary N) is 4. The van der Waals surface area contributed by atoms with Crippen molar-refractivity contribution in [2.45, 2.75) is 34.1 Å². The number of likely N-dealkylation sites (N-methyl/N-ethyl adjacent to an activating group) is 1. The van der Waals surface area contributed by atoms with Gasteiger partial charge in [0.05, 0.1) is 28.7 Å². The molecule has 43 heavy (non-hydrogen) atoms. The fourth-order valence-electron chi connectivity index (χ4n) is 5.37. The van der Waals surface area contributed by atoms with Gasteiger partial charge in [0.15, 0.2) is 0 Å². The lowest BCUT2D eigenvalue weighted by Crippen LogP contribution is -2.35. The number of benzene rings is 2. The number of aromatic nitrogens is 1. The molecule has 0 spiro atoms. The van der Waals surface area contributed by atoms with Gasteiger partial charge in [-0.1, -0.05) is 26.0 Å². The molecule has 0 radical (unpaired) electrons. The number of fused-ring (bicyclic) bond motifs is 2. The van der Waals surface area contributed by atoms with Crippen LogP contribution in [0.15, 0.2) is 36.4 Å². The van der Waals surface area contributed by atoms with Gasteiger partial charge in [-0.25, -0.2) is 9.59 Å². The Labute approximate surface area is 248 Å². The second-order valence-electron chi connectivity index (χ2n) is 10.5. The van der Waals surface area contributed by atoms with Crippen molar-refractivity contribution in [1.82, 2.24) is 15.2 Å². The Kier molecular flexibility index (Phi) is 8.27. The van der Waals surface area contributed by atoms with E-state index >= 15 is 0 Å². The lowest BCUT2D eigenvalue weighted by Gasteiger charge is -2.18. The Morgan fingerprint density at radius 3 is 2.33 bits per heavy atom. The summed E-state index contributed by atoms with van der Waals surface area (Å²) in [5.41, 5.74) is 5.40. The van der Waals surface area contributed by atoms with Gasteiger partial charge in [0.1, 0.15) is 0 Å². The van der Waals surface area contributed by atoms with Gasteiger partial charge in [-0.05, 0) is 68.4 Å². The number of carbonyl (C=O) groups excluding carboxylic acids is 5. The van der Waals surface area contributed by atoms with Gasteiger partial charge in [0, 0.05) is 41.4 Å². The molecule has 4 N–H and O–H groups in total. The first kappa shape index (κ1) is 29.5. The molecule has 0 aliphatic carbocycles. The monoisotopic (exact) mass is 583 g/mol. The predicted octanol–water partition coefficient (Wildman–Crippen LogP) is 3.69. The fourth-order valence-corrected chi connectivity index (χ4v) is 5.37. The summed E-state index contributed by atoms with van der Waals surface area (Å²) < 4.78 is 5.06. The number of aryl methyl sites for hydroxylation is 1. The topological polar surface area (TPSA) is 150 Å². The third-order valence-electron chi connectivity index (χ3n) is 7.79. The van der Waals surface area contributed by atoms with Crippen LogP contribution in [0.4, 0.5) is 11.4 Å². The molecule has 3 amide bonds. The molecule has 222 valence electrons. The Hall–Kier alpha value is -5.03. The second-order valence-corrected chi connectivity index (χ2v) is 10.5. The van der Waals surface area contributed by atoms with Gasteiger partial charge in [0.2, 0.25) is 5.91 Å². The van der Waals surface area contributed by atoms with Crippen LogP contribution in [-0.4, -0.2) is 65.7 Å². The first-order chi connectivity index (χ1) is 20.6. The van der Waals surface area contributed by atoms with Crippen molar-refractivity contribution in [1.29, 1.82) is 0 Å². The number of H-pyrrole nitrogens is 1. The molecular formula is C32H33N5O6. The fraction of sp³-hybridized carbons (Fsp3) is 0.281. The lowest BCUT2D eigenvalue weighted by molar-refractivity contribution is -0.115. The molecule has 0 fully saturated rings. The number of rotatable bonds is 9. The van der Waals surface area contributed by atoms with Crippen molar-refractivity contribution in [2.24, 2.45) is 0 Å². The van der Waals surface area contributed by atoms with E-state index in [1.54, 1.807) is 18.2 Å². The van der Waals surface area contributed by atoms with Gasteiger partial charge in [-0.15, -0.1) is 0 Å². The van der Waals surface area contributed by atoms with Crippen LogP contribution in [0.25, 0.3) is 11.6 Å². The summed E-state index contributed by atoms with van der Waals surface area (Å²) in [7, 11) is 0. The minimum atomic E-state index is -0.878. The lowest BCUT2D eigenvalue weighted by atomic mass is 10.0. The van der Waals surface area contributed by atoms with Crippen LogP contribution in [0.5, 0.6) is 0 Å². The molecule has 3 aromatic rings. The zero-order chi connectivity index (χ0) is 30.8. The summed E-state index contributed by atoms with van der Waals surface area (Å²) in [5.74, 6) is -2.45. The van der Waals surface area contributed by atoms with Gasteiger partial charge in [-0.3, -0.25) is 14.4 Å². The van der Waals surface area contributed by atoms with Gasteiger partial charge >= 0.3 is 11.9 Å². The van der Waals surface area contributed by atoms with E-state index in [4.69, 9.17) is 4.74 Å². The van der Waals surface area contributed by atoms with Crippen LogP contribution in [0.2, 0.25) is 0 Å². The normalized spacial score (nSPS) is 14.4. The standard InChI is InChI=1S/C32H33N5O6/c1-5-37(6-2)12-11-33-30(40)28-17(3)24(34-18(28)4)16-23-22-10-9-21(14-26(22)36-29(23)39)32(42)43-31(41)20-8-7-19-15-27(38)35-25(19)13-20/h7-10,13-14,16,34H,5-6,11-12,15H2,1-4H3,(H,33,40)(H,35,38)(H,36,39). The number of hydrogen-bond acceptors (Lipinski definition) is 7. The molecule has 2 aromatic carbocycles. The van der Waals surface area contributed by atoms with Gasteiger partial charge in [-0.2, -0.15) is 0 Å². The molecule has 0 saturated heterocycles. The van der Waals surface area contributed by atoms with E-state index in [1.807, 2.05) is 13.8 Å². The smallest absolute Gasteiger partial charge is 0.346 e. The summed E-state index contributed by atoms with van der Waals surface area (Å²) in [4.78, 5) is 68.3. The summed E-state index contributed by atoms with van der Waals surface area (Å²) in [6.07, 6.45) is 1.92. The second kappa shape index (κ2) is 12.1. The van der Waals surface area contributed by atoms with E-state index in [-0.39, 0.29) is 35.3 Å².